The van der Waals surface area contributed by atoms with Gasteiger partial charge >= 0.3 is 6.18 Å². The molecule has 1 aliphatic heterocycles. The highest BCUT2D eigenvalue weighted by Gasteiger charge is 2.32. The van der Waals surface area contributed by atoms with Gasteiger partial charge < -0.3 is 0 Å². The van der Waals surface area contributed by atoms with Crippen LogP contribution in [0.2, 0.25) is 5.02 Å². The van der Waals surface area contributed by atoms with Crippen LogP contribution in [0.3, 0.4) is 0 Å². The number of aliphatic imine (C=N–C) groups is 1. The van der Waals surface area contributed by atoms with Gasteiger partial charge in [0.25, 0.3) is 0 Å². The van der Waals surface area contributed by atoms with Crippen LogP contribution in [-0.4, -0.2) is 20.5 Å². The summed E-state index contributed by atoms with van der Waals surface area (Å²) in [5, 5.41) is 10.4. The van der Waals surface area contributed by atoms with Crippen LogP contribution >= 0.6 is 34.7 Å². The first kappa shape index (κ1) is 23.8. The lowest BCUT2D eigenvalue weighted by atomic mass is 9.98. The van der Waals surface area contributed by atoms with Crippen LogP contribution in [0.5, 0.6) is 0 Å². The number of thiophene rings is 1. The second-order valence-corrected chi connectivity index (χ2v) is 11.4. The zero-order valence-electron chi connectivity index (χ0n) is 19.2. The van der Waals surface area contributed by atoms with Crippen molar-refractivity contribution in [1.29, 1.82) is 0 Å². The van der Waals surface area contributed by atoms with Gasteiger partial charge in [-0.05, 0) is 67.6 Å². The number of nitrogens with zero attached hydrogens (tertiary/aromatic N) is 4. The lowest BCUT2D eigenvalue weighted by Crippen LogP contribution is -2.08. The summed E-state index contributed by atoms with van der Waals surface area (Å²) in [5.74, 6) is 2.27. The zero-order valence-corrected chi connectivity index (χ0v) is 21.6. The Bertz CT molecular complexity index is 1500. The summed E-state index contributed by atoms with van der Waals surface area (Å²) in [4.78, 5) is 7.14. The summed E-state index contributed by atoms with van der Waals surface area (Å²) in [5.41, 5.74) is 4.61. The largest absolute Gasteiger partial charge is 0.416 e. The molecule has 0 unspecified atom stereocenters. The lowest BCUT2D eigenvalue weighted by molar-refractivity contribution is -0.137. The number of rotatable bonds is 4. The summed E-state index contributed by atoms with van der Waals surface area (Å²) < 4.78 is 40.6. The highest BCUT2D eigenvalue weighted by Crippen LogP contribution is 2.42. The Morgan fingerprint density at radius 3 is 2.64 bits per heavy atom. The van der Waals surface area contributed by atoms with Crippen molar-refractivity contribution in [2.24, 2.45) is 4.99 Å². The van der Waals surface area contributed by atoms with Crippen molar-refractivity contribution in [2.75, 3.05) is 0 Å². The van der Waals surface area contributed by atoms with E-state index in [1.165, 1.54) is 34.3 Å². The third-order valence-electron chi connectivity index (χ3n) is 6.49. The summed E-state index contributed by atoms with van der Waals surface area (Å²) in [6, 6.07) is 11.2. The Morgan fingerprint density at radius 2 is 1.89 bits per heavy atom. The van der Waals surface area contributed by atoms with Crippen LogP contribution in [0.4, 0.5) is 13.2 Å². The summed E-state index contributed by atoms with van der Waals surface area (Å²) >= 11 is 10.1. The average Bonchev–Trinajstić information content (AvgIpc) is 3.51. The molecule has 0 atom stereocenters. The number of halogens is 4. The fraction of sp³-hybridized carbons (Fsp3) is 0.269. The molecule has 10 heteroatoms. The molecule has 0 saturated carbocycles. The first-order valence-electron chi connectivity index (χ1n) is 11.5. The van der Waals surface area contributed by atoms with Gasteiger partial charge in [0.15, 0.2) is 5.82 Å². The van der Waals surface area contributed by atoms with E-state index in [0.29, 0.717) is 17.3 Å². The monoisotopic (exact) mass is 544 g/mol. The molecule has 2 aromatic carbocycles. The molecule has 0 radical (unpaired) electrons. The molecular formula is C26H20ClF3N4S2. The minimum absolute atomic E-state index is 0.425. The maximum absolute atomic E-state index is 12.8. The molecule has 0 fully saturated rings. The van der Waals surface area contributed by atoms with E-state index < -0.39 is 11.7 Å². The van der Waals surface area contributed by atoms with Crippen molar-refractivity contribution >= 4 is 40.4 Å². The van der Waals surface area contributed by atoms with Crippen LogP contribution in [0.15, 0.2) is 52.4 Å². The molecule has 3 heterocycles. The molecule has 0 bridgehead atoms. The van der Waals surface area contributed by atoms with E-state index >= 15 is 0 Å². The van der Waals surface area contributed by atoms with E-state index in [0.717, 1.165) is 75.3 Å². The maximum Gasteiger partial charge on any atom is 0.416 e. The minimum Gasteiger partial charge on any atom is -0.276 e. The fourth-order valence-corrected chi connectivity index (χ4v) is 7.35. The van der Waals surface area contributed by atoms with Crippen molar-refractivity contribution in [2.45, 2.75) is 49.6 Å². The van der Waals surface area contributed by atoms with Gasteiger partial charge in [0.2, 0.25) is 0 Å². The topological polar surface area (TPSA) is 43.1 Å². The summed E-state index contributed by atoms with van der Waals surface area (Å²) in [7, 11) is 0. The second kappa shape index (κ2) is 9.04. The van der Waals surface area contributed by atoms with Gasteiger partial charge in [-0.1, -0.05) is 23.7 Å². The van der Waals surface area contributed by atoms with Crippen molar-refractivity contribution in [3.63, 3.8) is 0 Å². The quantitative estimate of drug-likeness (QED) is 0.251. The van der Waals surface area contributed by atoms with Crippen LogP contribution in [0, 0.1) is 6.92 Å². The van der Waals surface area contributed by atoms with Crippen molar-refractivity contribution < 1.29 is 13.2 Å². The Morgan fingerprint density at radius 1 is 1.08 bits per heavy atom. The van der Waals surface area contributed by atoms with E-state index in [1.54, 1.807) is 11.3 Å². The van der Waals surface area contributed by atoms with E-state index in [2.05, 4.69) is 14.8 Å². The summed E-state index contributed by atoms with van der Waals surface area (Å²) in [6.07, 6.45) is -1.09. The molecule has 0 spiro atoms. The molecule has 0 N–H and O–H groups in total. The number of benzene rings is 2. The van der Waals surface area contributed by atoms with Gasteiger partial charge in [0.05, 0.1) is 16.3 Å². The molecule has 2 aromatic heterocycles. The number of aromatic nitrogens is 3. The smallest absolute Gasteiger partial charge is 0.276 e. The van der Waals surface area contributed by atoms with Gasteiger partial charge in [0.1, 0.15) is 17.4 Å². The number of aryl methyl sites for hydroxylation is 2. The molecule has 0 amide bonds. The second-order valence-electron chi connectivity index (χ2n) is 8.83. The van der Waals surface area contributed by atoms with Crippen molar-refractivity contribution in [3.05, 3.63) is 91.8 Å². The SMILES string of the molecule is Cc1nnc2n1-c1sc3c(c1C(c1ccc(CSc4ccc(C(F)(F)F)cc4)cc1Cl)=NC2)CCC3. The molecule has 2 aliphatic rings. The van der Waals surface area contributed by atoms with Crippen molar-refractivity contribution in [3.8, 4) is 5.00 Å². The van der Waals surface area contributed by atoms with Gasteiger partial charge in [-0.15, -0.1) is 33.3 Å². The first-order valence-corrected chi connectivity index (χ1v) is 13.7. The molecule has 4 nitrogen and oxygen atoms in total. The highest BCUT2D eigenvalue weighted by atomic mass is 35.5. The molecule has 1 aliphatic carbocycles. The number of hydrogen-bond donors (Lipinski definition) is 0. The number of alkyl halides is 3. The van der Waals surface area contributed by atoms with Gasteiger partial charge in [-0.3, -0.25) is 9.56 Å². The predicted molar refractivity (Wildman–Crippen MR) is 138 cm³/mol. The first-order chi connectivity index (χ1) is 17.3. The molecule has 4 aromatic rings. The molecule has 184 valence electrons. The lowest BCUT2D eigenvalue weighted by Gasteiger charge is -2.13. The van der Waals surface area contributed by atoms with E-state index in [-0.39, 0.29) is 0 Å². The highest BCUT2D eigenvalue weighted by molar-refractivity contribution is 7.98. The predicted octanol–water partition coefficient (Wildman–Crippen LogP) is 7.44. The van der Waals surface area contributed by atoms with Crippen LogP contribution in [-0.2, 0) is 31.3 Å². The number of fused-ring (bicyclic) bond motifs is 5. The zero-order chi connectivity index (χ0) is 25.0. The van der Waals surface area contributed by atoms with E-state index in [9.17, 15) is 13.2 Å². The number of thioether (sulfide) groups is 1. The normalized spacial score (nSPS) is 14.8. The van der Waals surface area contributed by atoms with Gasteiger partial charge in [-0.25, -0.2) is 0 Å². The molecule has 36 heavy (non-hydrogen) atoms. The van der Waals surface area contributed by atoms with E-state index in [1.807, 2.05) is 25.1 Å². The van der Waals surface area contributed by atoms with Crippen LogP contribution in [0.1, 0.15) is 50.8 Å². The van der Waals surface area contributed by atoms with Gasteiger partial charge in [-0.2, -0.15) is 13.2 Å². The molecular weight excluding hydrogens is 525 g/mol. The Hall–Kier alpha value is -2.62. The molecule has 6 rings (SSSR count). The van der Waals surface area contributed by atoms with Crippen LogP contribution in [0.25, 0.3) is 5.00 Å². The Labute approximate surface area is 219 Å². The Balaban J connectivity index is 1.29. The van der Waals surface area contributed by atoms with Crippen molar-refractivity contribution in [1.82, 2.24) is 14.8 Å². The summed E-state index contributed by atoms with van der Waals surface area (Å²) in [6.45, 7) is 2.39. The third-order valence-corrected chi connectivity index (χ3v) is 9.16. The van der Waals surface area contributed by atoms with Gasteiger partial charge in [0, 0.05) is 26.7 Å². The molecule has 0 saturated heterocycles. The van der Waals surface area contributed by atoms with Crippen LogP contribution < -0.4 is 0 Å². The minimum atomic E-state index is -4.33. The fourth-order valence-electron chi connectivity index (χ4n) is 4.76. The maximum atomic E-state index is 12.8. The average molecular weight is 545 g/mol. The number of hydrogen-bond acceptors (Lipinski definition) is 5. The standard InChI is InChI=1S/C26H20ClF3N4S2/c1-14-32-33-22-12-31-24(23-19-3-2-4-21(19)36-25(23)34(14)22)18-10-5-15(11-20(18)27)13-35-17-8-6-16(7-9-17)26(28,29)30/h5-11H,2-4,12-13H2,1H3. The Kier molecular flexibility index (Phi) is 5.97. The van der Waals surface area contributed by atoms with E-state index in [4.69, 9.17) is 16.6 Å². The third kappa shape index (κ3) is 4.17.